The molecule has 6 nitrogen and oxygen atoms in total. The Hall–Kier alpha value is -7.83. The molecule has 60 heavy (non-hydrogen) atoms. The Balaban J connectivity index is 1.10. The molecule has 6 heteroatoms. The standard InChI is InChI=1S/C54H37N5O/c1-54(2)42-25-13-15-27-45(42)58(36-21-10-5-11-22-36)47-32-40-38-23-12-14-26-44(38)59(46(40)33-43(47)54)37-29-30-48-41(31-37)50-39(24-16-28-49(50)60-48)53-56-51(34-17-6-3-7-18-34)55-52(57-53)35-19-8-4-9-20-35/h3-33H,1-2H3. The molecule has 284 valence electrons. The monoisotopic (exact) mass is 771 g/mol. The van der Waals surface area contributed by atoms with Gasteiger partial charge in [0.1, 0.15) is 11.2 Å². The number of rotatable bonds is 5. The van der Waals surface area contributed by atoms with Crippen LogP contribution in [0, 0.1) is 0 Å². The fourth-order valence-electron chi connectivity index (χ4n) is 9.36. The molecule has 0 bridgehead atoms. The van der Waals surface area contributed by atoms with Crippen LogP contribution in [-0.2, 0) is 5.41 Å². The van der Waals surface area contributed by atoms with Crippen LogP contribution in [0.1, 0.15) is 25.0 Å². The molecule has 3 aromatic heterocycles. The molecular weight excluding hydrogens is 735 g/mol. The molecule has 0 spiro atoms. The summed E-state index contributed by atoms with van der Waals surface area (Å²) in [7, 11) is 0. The van der Waals surface area contributed by atoms with E-state index in [1.807, 2.05) is 72.8 Å². The van der Waals surface area contributed by atoms with Crippen molar-refractivity contribution in [3.63, 3.8) is 0 Å². The molecule has 0 N–H and O–H groups in total. The van der Waals surface area contributed by atoms with E-state index in [0.717, 1.165) is 61.0 Å². The second-order valence-electron chi connectivity index (χ2n) is 16.1. The first-order valence-corrected chi connectivity index (χ1v) is 20.4. The fraction of sp³-hybridized carbons (Fsp3) is 0.0556. The number of anilines is 3. The molecule has 1 aliphatic rings. The molecule has 0 atom stereocenters. The minimum atomic E-state index is -0.256. The maximum atomic E-state index is 6.59. The molecule has 0 aliphatic carbocycles. The van der Waals surface area contributed by atoms with Gasteiger partial charge in [-0.2, -0.15) is 0 Å². The molecule has 0 saturated heterocycles. The van der Waals surface area contributed by atoms with E-state index >= 15 is 0 Å². The summed E-state index contributed by atoms with van der Waals surface area (Å²) in [5.41, 5.74) is 13.5. The van der Waals surface area contributed by atoms with E-state index in [2.05, 4.69) is 139 Å². The lowest BCUT2D eigenvalue weighted by atomic mass is 9.73. The van der Waals surface area contributed by atoms with Crippen LogP contribution in [0.5, 0.6) is 0 Å². The zero-order valence-electron chi connectivity index (χ0n) is 33.0. The van der Waals surface area contributed by atoms with Crippen molar-refractivity contribution in [3.05, 3.63) is 199 Å². The van der Waals surface area contributed by atoms with E-state index < -0.39 is 0 Å². The van der Waals surface area contributed by atoms with Crippen molar-refractivity contribution in [2.45, 2.75) is 19.3 Å². The van der Waals surface area contributed by atoms with E-state index in [4.69, 9.17) is 19.4 Å². The van der Waals surface area contributed by atoms with Gasteiger partial charge in [-0.05, 0) is 71.8 Å². The van der Waals surface area contributed by atoms with Gasteiger partial charge in [-0.1, -0.05) is 141 Å². The zero-order chi connectivity index (χ0) is 40.0. The number of furan rings is 1. The summed E-state index contributed by atoms with van der Waals surface area (Å²) in [6, 6.07) is 66.0. The van der Waals surface area contributed by atoms with Crippen LogP contribution in [0.15, 0.2) is 192 Å². The third-order valence-electron chi connectivity index (χ3n) is 12.2. The van der Waals surface area contributed by atoms with Gasteiger partial charge in [0.05, 0.1) is 22.4 Å². The number of benzene rings is 8. The van der Waals surface area contributed by atoms with E-state index in [9.17, 15) is 0 Å². The maximum absolute atomic E-state index is 6.59. The van der Waals surface area contributed by atoms with Crippen LogP contribution in [0.4, 0.5) is 17.1 Å². The quantitative estimate of drug-likeness (QED) is 0.174. The SMILES string of the molecule is CC1(C)c2ccccc2N(c2ccccc2)c2cc3c4ccccc4n(-c4ccc5oc6cccc(-c7nc(-c8ccccc8)nc(-c8ccccc8)n7)c6c5c4)c3cc21. The van der Waals surface area contributed by atoms with Gasteiger partial charge >= 0.3 is 0 Å². The van der Waals surface area contributed by atoms with Crippen LogP contribution in [0.25, 0.3) is 83.6 Å². The molecule has 0 saturated carbocycles. The largest absolute Gasteiger partial charge is 0.456 e. The maximum Gasteiger partial charge on any atom is 0.164 e. The molecule has 12 rings (SSSR count). The Morgan fingerprint density at radius 2 is 1.08 bits per heavy atom. The molecular formula is C54H37N5O. The molecule has 0 fully saturated rings. The summed E-state index contributed by atoms with van der Waals surface area (Å²) in [6.45, 7) is 4.70. The van der Waals surface area contributed by atoms with Crippen LogP contribution < -0.4 is 4.90 Å². The molecule has 8 aromatic carbocycles. The van der Waals surface area contributed by atoms with Gasteiger partial charge in [0.15, 0.2) is 17.5 Å². The Morgan fingerprint density at radius 3 is 1.83 bits per heavy atom. The van der Waals surface area contributed by atoms with Crippen LogP contribution in [-0.4, -0.2) is 19.5 Å². The predicted octanol–water partition coefficient (Wildman–Crippen LogP) is 14.0. The van der Waals surface area contributed by atoms with Gasteiger partial charge in [0.2, 0.25) is 0 Å². The molecule has 1 aliphatic heterocycles. The summed E-state index contributed by atoms with van der Waals surface area (Å²) in [5.74, 6) is 1.83. The van der Waals surface area contributed by atoms with Crippen molar-refractivity contribution in [1.29, 1.82) is 0 Å². The molecule has 0 radical (unpaired) electrons. The van der Waals surface area contributed by atoms with E-state index in [1.54, 1.807) is 0 Å². The lowest BCUT2D eigenvalue weighted by Crippen LogP contribution is -2.30. The van der Waals surface area contributed by atoms with E-state index in [-0.39, 0.29) is 5.41 Å². The molecule has 11 aromatic rings. The molecule has 0 amide bonds. The number of hydrogen-bond acceptors (Lipinski definition) is 5. The predicted molar refractivity (Wildman–Crippen MR) is 245 cm³/mol. The lowest BCUT2D eigenvalue weighted by molar-refractivity contribution is 0.632. The molecule has 4 heterocycles. The van der Waals surface area contributed by atoms with Crippen molar-refractivity contribution in [2.24, 2.45) is 0 Å². The Morgan fingerprint density at radius 1 is 0.433 bits per heavy atom. The second-order valence-corrected chi connectivity index (χ2v) is 16.1. The average Bonchev–Trinajstić information content (AvgIpc) is 3.84. The summed E-state index contributed by atoms with van der Waals surface area (Å²) in [6.07, 6.45) is 0. The van der Waals surface area contributed by atoms with Gasteiger partial charge < -0.3 is 13.9 Å². The summed E-state index contributed by atoms with van der Waals surface area (Å²) in [4.78, 5) is 17.6. The first kappa shape index (κ1) is 34.2. The van der Waals surface area contributed by atoms with Crippen LogP contribution >= 0.6 is 0 Å². The highest BCUT2D eigenvalue weighted by Crippen LogP contribution is 2.53. The summed E-state index contributed by atoms with van der Waals surface area (Å²) >= 11 is 0. The Kier molecular flexibility index (Phi) is 7.47. The van der Waals surface area contributed by atoms with E-state index in [1.165, 1.54) is 33.3 Å². The normalized spacial score (nSPS) is 13.3. The van der Waals surface area contributed by atoms with E-state index in [0.29, 0.717) is 17.5 Å². The second kappa shape index (κ2) is 13.1. The Labute approximate surface area is 346 Å². The minimum Gasteiger partial charge on any atom is -0.456 e. The number of aromatic nitrogens is 4. The fourth-order valence-corrected chi connectivity index (χ4v) is 9.36. The number of nitrogens with zero attached hydrogens (tertiary/aromatic N) is 5. The van der Waals surface area contributed by atoms with Crippen molar-refractivity contribution >= 4 is 60.8 Å². The van der Waals surface area contributed by atoms with Crippen molar-refractivity contribution in [3.8, 4) is 39.9 Å². The van der Waals surface area contributed by atoms with Crippen LogP contribution in [0.3, 0.4) is 0 Å². The smallest absolute Gasteiger partial charge is 0.164 e. The van der Waals surface area contributed by atoms with Gasteiger partial charge in [-0.25, -0.2) is 15.0 Å². The summed E-state index contributed by atoms with van der Waals surface area (Å²) < 4.78 is 9.01. The topological polar surface area (TPSA) is 60.0 Å². The van der Waals surface area contributed by atoms with Crippen molar-refractivity contribution < 1.29 is 4.42 Å². The first-order valence-electron chi connectivity index (χ1n) is 20.4. The van der Waals surface area contributed by atoms with Gasteiger partial charge in [0.25, 0.3) is 0 Å². The lowest BCUT2D eigenvalue weighted by Gasteiger charge is -2.42. The minimum absolute atomic E-state index is 0.256. The van der Waals surface area contributed by atoms with Crippen molar-refractivity contribution in [2.75, 3.05) is 4.90 Å². The van der Waals surface area contributed by atoms with Crippen LogP contribution in [0.2, 0.25) is 0 Å². The Bertz CT molecular complexity index is 3400. The highest BCUT2D eigenvalue weighted by Gasteiger charge is 2.37. The highest BCUT2D eigenvalue weighted by molar-refractivity contribution is 6.14. The van der Waals surface area contributed by atoms with Crippen molar-refractivity contribution in [1.82, 2.24) is 19.5 Å². The molecule has 0 unspecified atom stereocenters. The number of fused-ring (bicyclic) bond motifs is 8. The third kappa shape index (κ3) is 5.17. The highest BCUT2D eigenvalue weighted by atomic mass is 16.3. The number of para-hydroxylation sites is 3. The zero-order valence-corrected chi connectivity index (χ0v) is 33.0. The summed E-state index contributed by atoms with van der Waals surface area (Å²) in [5, 5.41) is 4.36. The van der Waals surface area contributed by atoms with Gasteiger partial charge in [0, 0.05) is 55.0 Å². The first-order chi connectivity index (χ1) is 29.5. The van der Waals surface area contributed by atoms with Gasteiger partial charge in [-0.15, -0.1) is 0 Å². The number of hydrogen-bond donors (Lipinski definition) is 0. The average molecular weight is 772 g/mol. The third-order valence-corrected chi connectivity index (χ3v) is 12.2. The van der Waals surface area contributed by atoms with Gasteiger partial charge in [-0.3, -0.25) is 0 Å².